The summed E-state index contributed by atoms with van der Waals surface area (Å²) in [5.74, 6) is 0.208. The van der Waals surface area contributed by atoms with Gasteiger partial charge >= 0.3 is 0 Å². The number of hydrogen-bond acceptors (Lipinski definition) is 3. The van der Waals surface area contributed by atoms with E-state index in [9.17, 15) is 13.2 Å². The molecule has 2 aromatic carbocycles. The van der Waals surface area contributed by atoms with Gasteiger partial charge in [0.2, 0.25) is 5.91 Å². The summed E-state index contributed by atoms with van der Waals surface area (Å²) in [6.07, 6.45) is 2.60. The van der Waals surface area contributed by atoms with Crippen LogP contribution in [0, 0.1) is 12.8 Å². The molecule has 1 amide bonds. The van der Waals surface area contributed by atoms with Crippen molar-refractivity contribution in [2.75, 3.05) is 16.2 Å². The molecule has 1 saturated carbocycles. The van der Waals surface area contributed by atoms with Crippen LogP contribution in [0.2, 0.25) is 0 Å². The molecule has 1 fully saturated rings. The van der Waals surface area contributed by atoms with Crippen molar-refractivity contribution in [2.24, 2.45) is 5.92 Å². The van der Waals surface area contributed by atoms with Crippen molar-refractivity contribution in [2.45, 2.75) is 31.1 Å². The highest BCUT2D eigenvalue weighted by Gasteiger charge is 2.37. The van der Waals surface area contributed by atoms with Crippen molar-refractivity contribution >= 4 is 59.2 Å². The SMILES string of the molecule is Cc1cc(Br)ccc1NS(=O)(=O)c1cc2c(cc1Br)CCN2C(=O)C1CC1. The van der Waals surface area contributed by atoms with Gasteiger partial charge in [-0.15, -0.1) is 0 Å². The van der Waals surface area contributed by atoms with Crippen LogP contribution >= 0.6 is 31.9 Å². The summed E-state index contributed by atoms with van der Waals surface area (Å²) in [5, 5.41) is 0. The van der Waals surface area contributed by atoms with Crippen LogP contribution in [-0.4, -0.2) is 20.9 Å². The second-order valence-electron chi connectivity index (χ2n) is 6.99. The summed E-state index contributed by atoms with van der Waals surface area (Å²) in [5.41, 5.74) is 3.05. The number of carbonyl (C=O) groups is 1. The van der Waals surface area contributed by atoms with E-state index < -0.39 is 10.0 Å². The number of amides is 1. The second kappa shape index (κ2) is 6.90. The lowest BCUT2D eigenvalue weighted by atomic mass is 10.2. The number of aryl methyl sites for hydroxylation is 1. The summed E-state index contributed by atoms with van der Waals surface area (Å²) >= 11 is 6.78. The van der Waals surface area contributed by atoms with Gasteiger partial charge in [-0.05, 0) is 83.6 Å². The molecule has 8 heteroatoms. The van der Waals surface area contributed by atoms with E-state index in [2.05, 4.69) is 36.6 Å². The lowest BCUT2D eigenvalue weighted by molar-refractivity contribution is -0.119. The number of nitrogens with one attached hydrogen (secondary N) is 1. The van der Waals surface area contributed by atoms with E-state index in [0.717, 1.165) is 34.9 Å². The third-order valence-electron chi connectivity index (χ3n) is 4.94. The zero-order chi connectivity index (χ0) is 19.3. The number of sulfonamides is 1. The third-order valence-corrected chi connectivity index (χ3v) is 7.76. The summed E-state index contributed by atoms with van der Waals surface area (Å²) in [6.45, 7) is 2.45. The van der Waals surface area contributed by atoms with E-state index in [1.54, 1.807) is 23.1 Å². The zero-order valence-electron chi connectivity index (χ0n) is 14.6. The molecule has 1 N–H and O–H groups in total. The van der Waals surface area contributed by atoms with E-state index in [4.69, 9.17) is 0 Å². The van der Waals surface area contributed by atoms with Gasteiger partial charge in [-0.2, -0.15) is 0 Å². The minimum atomic E-state index is -3.80. The molecule has 142 valence electrons. The smallest absolute Gasteiger partial charge is 0.263 e. The number of nitrogens with zero attached hydrogens (tertiary/aromatic N) is 1. The Morgan fingerprint density at radius 1 is 1.19 bits per heavy atom. The molecule has 1 aliphatic heterocycles. The Morgan fingerprint density at radius 3 is 2.59 bits per heavy atom. The Hall–Kier alpha value is -1.38. The van der Waals surface area contributed by atoms with Crippen molar-refractivity contribution in [1.82, 2.24) is 0 Å². The maximum Gasteiger partial charge on any atom is 0.263 e. The first-order valence-corrected chi connectivity index (χ1v) is 11.8. The highest BCUT2D eigenvalue weighted by atomic mass is 79.9. The summed E-state index contributed by atoms with van der Waals surface area (Å²) in [4.78, 5) is 14.4. The topological polar surface area (TPSA) is 66.5 Å². The van der Waals surface area contributed by atoms with Crippen LogP contribution in [0.5, 0.6) is 0 Å². The van der Waals surface area contributed by atoms with Gasteiger partial charge < -0.3 is 4.90 Å². The molecule has 2 aromatic rings. The molecule has 27 heavy (non-hydrogen) atoms. The first-order chi connectivity index (χ1) is 12.8. The van der Waals surface area contributed by atoms with Crippen LogP contribution < -0.4 is 9.62 Å². The fraction of sp³-hybridized carbons (Fsp3) is 0.316. The van der Waals surface area contributed by atoms with E-state index in [0.29, 0.717) is 22.4 Å². The number of halogens is 2. The Labute approximate surface area is 175 Å². The van der Waals surface area contributed by atoms with E-state index in [1.807, 2.05) is 19.1 Å². The molecule has 0 saturated heterocycles. The van der Waals surface area contributed by atoms with Gasteiger partial charge in [-0.3, -0.25) is 9.52 Å². The molecule has 0 spiro atoms. The maximum absolute atomic E-state index is 13.0. The molecule has 0 radical (unpaired) electrons. The number of benzene rings is 2. The number of rotatable bonds is 4. The Bertz CT molecular complexity index is 1050. The molecule has 1 heterocycles. The fourth-order valence-electron chi connectivity index (χ4n) is 3.31. The van der Waals surface area contributed by atoms with Gasteiger partial charge in [0.05, 0.1) is 5.69 Å². The van der Waals surface area contributed by atoms with Gasteiger partial charge in [0, 0.05) is 27.1 Å². The highest BCUT2D eigenvalue weighted by Crippen LogP contribution is 2.40. The maximum atomic E-state index is 13.0. The molecule has 1 aliphatic carbocycles. The van der Waals surface area contributed by atoms with Crippen LogP contribution in [0.3, 0.4) is 0 Å². The summed E-state index contributed by atoms with van der Waals surface area (Å²) in [6, 6.07) is 8.80. The fourth-order valence-corrected chi connectivity index (χ4v) is 6.03. The van der Waals surface area contributed by atoms with Crippen molar-refractivity contribution in [3.8, 4) is 0 Å². The normalized spacial score (nSPS) is 16.3. The Morgan fingerprint density at radius 2 is 1.93 bits per heavy atom. The van der Waals surface area contributed by atoms with Crippen LogP contribution in [-0.2, 0) is 21.2 Å². The number of hydrogen-bond donors (Lipinski definition) is 1. The van der Waals surface area contributed by atoms with Crippen molar-refractivity contribution in [3.63, 3.8) is 0 Å². The molecular formula is C19H18Br2N2O3S. The quantitative estimate of drug-likeness (QED) is 0.648. The van der Waals surface area contributed by atoms with Gasteiger partial charge in [0.25, 0.3) is 10.0 Å². The largest absolute Gasteiger partial charge is 0.312 e. The molecule has 0 unspecified atom stereocenters. The Kier molecular flexibility index (Phi) is 4.84. The first-order valence-electron chi connectivity index (χ1n) is 8.69. The average molecular weight is 514 g/mol. The zero-order valence-corrected chi connectivity index (χ0v) is 18.6. The second-order valence-corrected chi connectivity index (χ2v) is 10.4. The molecule has 0 atom stereocenters. The molecule has 5 nitrogen and oxygen atoms in total. The predicted octanol–water partition coefficient (Wildman–Crippen LogP) is 4.62. The van der Waals surface area contributed by atoms with E-state index >= 15 is 0 Å². The summed E-state index contributed by atoms with van der Waals surface area (Å²) in [7, 11) is -3.80. The van der Waals surface area contributed by atoms with Crippen LogP contribution in [0.4, 0.5) is 11.4 Å². The molecule has 0 bridgehead atoms. The number of fused-ring (bicyclic) bond motifs is 1. The standard InChI is InChI=1S/C19H18Br2N2O3S/c1-11-8-14(20)4-5-16(11)22-27(25,26)18-10-17-13(9-15(18)21)6-7-23(17)19(24)12-2-3-12/h4-5,8-10,12,22H,2-3,6-7H2,1H3. The first kappa shape index (κ1) is 19.0. The van der Waals surface area contributed by atoms with Crippen molar-refractivity contribution in [1.29, 1.82) is 0 Å². The lowest BCUT2D eigenvalue weighted by Crippen LogP contribution is -2.30. The molecular weight excluding hydrogens is 496 g/mol. The van der Waals surface area contributed by atoms with Gasteiger partial charge in [-0.25, -0.2) is 8.42 Å². The molecule has 4 rings (SSSR count). The highest BCUT2D eigenvalue weighted by molar-refractivity contribution is 9.10. The van der Waals surface area contributed by atoms with E-state index in [-0.39, 0.29) is 16.7 Å². The lowest BCUT2D eigenvalue weighted by Gasteiger charge is -2.19. The predicted molar refractivity (Wildman–Crippen MR) is 113 cm³/mol. The van der Waals surface area contributed by atoms with Crippen LogP contribution in [0.15, 0.2) is 44.2 Å². The minimum absolute atomic E-state index is 0.100. The Balaban J connectivity index is 1.70. The van der Waals surface area contributed by atoms with Gasteiger partial charge in [-0.1, -0.05) is 15.9 Å². The van der Waals surface area contributed by atoms with Crippen molar-refractivity contribution in [3.05, 3.63) is 50.4 Å². The van der Waals surface area contributed by atoms with Gasteiger partial charge in [0.15, 0.2) is 0 Å². The van der Waals surface area contributed by atoms with E-state index in [1.165, 1.54) is 0 Å². The summed E-state index contributed by atoms with van der Waals surface area (Å²) < 4.78 is 30.1. The minimum Gasteiger partial charge on any atom is -0.312 e. The average Bonchev–Trinajstić information content (AvgIpc) is 3.36. The van der Waals surface area contributed by atoms with Gasteiger partial charge in [0.1, 0.15) is 4.90 Å². The number of anilines is 2. The molecule has 0 aromatic heterocycles. The van der Waals surface area contributed by atoms with Crippen LogP contribution in [0.25, 0.3) is 0 Å². The third kappa shape index (κ3) is 3.67. The monoisotopic (exact) mass is 512 g/mol. The van der Waals surface area contributed by atoms with Crippen molar-refractivity contribution < 1.29 is 13.2 Å². The molecule has 2 aliphatic rings. The van der Waals surface area contributed by atoms with Crippen LogP contribution in [0.1, 0.15) is 24.0 Å². The number of carbonyl (C=O) groups excluding carboxylic acids is 1.